The summed E-state index contributed by atoms with van der Waals surface area (Å²) in [6.07, 6.45) is 1.73. The summed E-state index contributed by atoms with van der Waals surface area (Å²) in [5, 5.41) is 0. The zero-order chi connectivity index (χ0) is 18.6. The largest absolute Gasteiger partial charge is 0.333 e. The van der Waals surface area contributed by atoms with Crippen molar-refractivity contribution in [3.8, 4) is 0 Å². The van der Waals surface area contributed by atoms with E-state index in [1.165, 1.54) is 0 Å². The Kier molecular flexibility index (Phi) is 4.71. The molecular weight excluding hydrogens is 334 g/mol. The Balaban J connectivity index is 1.65. The minimum atomic E-state index is -0.130. The van der Waals surface area contributed by atoms with Crippen LogP contribution in [0.15, 0.2) is 91.3 Å². The quantitative estimate of drug-likeness (QED) is 0.536. The molecule has 1 amide bonds. The molecule has 0 aliphatic carbocycles. The second kappa shape index (κ2) is 7.46. The van der Waals surface area contributed by atoms with Crippen LogP contribution in [-0.2, 0) is 11.3 Å². The highest BCUT2D eigenvalue weighted by Crippen LogP contribution is 2.28. The van der Waals surface area contributed by atoms with Crippen LogP contribution in [0.1, 0.15) is 17.2 Å². The molecule has 0 atom stereocenters. The fourth-order valence-electron chi connectivity index (χ4n) is 3.45. The topological polar surface area (TPSA) is 38.1 Å². The first-order valence-corrected chi connectivity index (χ1v) is 8.99. The minimum absolute atomic E-state index is 0.0378. The number of hydrogen-bond acceptors (Lipinski definition) is 2. The molecule has 4 heteroatoms. The lowest BCUT2D eigenvalue weighted by Gasteiger charge is -2.29. The van der Waals surface area contributed by atoms with Crippen molar-refractivity contribution in [3.63, 3.8) is 0 Å². The molecular formula is C23H21N3O. The lowest BCUT2D eigenvalue weighted by molar-refractivity contribution is -0.132. The second-order valence-corrected chi connectivity index (χ2v) is 6.59. The van der Waals surface area contributed by atoms with Crippen LogP contribution in [0.3, 0.4) is 0 Å². The number of aromatic nitrogens is 2. The Morgan fingerprint density at radius 1 is 0.889 bits per heavy atom. The van der Waals surface area contributed by atoms with E-state index in [0.717, 1.165) is 22.2 Å². The molecule has 0 unspecified atom stereocenters. The predicted molar refractivity (Wildman–Crippen MR) is 107 cm³/mol. The summed E-state index contributed by atoms with van der Waals surface area (Å²) in [4.78, 5) is 19.3. The lowest BCUT2D eigenvalue weighted by Crippen LogP contribution is -2.34. The third-order valence-electron chi connectivity index (χ3n) is 4.84. The van der Waals surface area contributed by atoms with Gasteiger partial charge in [-0.25, -0.2) is 4.98 Å². The van der Waals surface area contributed by atoms with Crippen LogP contribution < -0.4 is 0 Å². The highest BCUT2D eigenvalue weighted by Gasteiger charge is 2.23. The number of carbonyl (C=O) groups excluding carboxylic acids is 1. The van der Waals surface area contributed by atoms with Gasteiger partial charge in [0.05, 0.1) is 23.4 Å². The first kappa shape index (κ1) is 17.0. The van der Waals surface area contributed by atoms with E-state index in [4.69, 9.17) is 0 Å². The van der Waals surface area contributed by atoms with Crippen LogP contribution in [0, 0.1) is 0 Å². The number of para-hydroxylation sites is 2. The molecule has 4 rings (SSSR count). The summed E-state index contributed by atoms with van der Waals surface area (Å²) < 4.78 is 1.90. The van der Waals surface area contributed by atoms with Gasteiger partial charge in [0.2, 0.25) is 5.91 Å². The third kappa shape index (κ3) is 3.47. The number of rotatable bonds is 5. The molecule has 0 N–H and O–H groups in total. The molecule has 0 spiro atoms. The van der Waals surface area contributed by atoms with E-state index in [-0.39, 0.29) is 18.5 Å². The van der Waals surface area contributed by atoms with Gasteiger partial charge >= 0.3 is 0 Å². The number of benzene rings is 3. The molecule has 0 radical (unpaired) electrons. The second-order valence-electron chi connectivity index (χ2n) is 6.59. The van der Waals surface area contributed by atoms with Crippen molar-refractivity contribution >= 4 is 16.9 Å². The van der Waals surface area contributed by atoms with E-state index < -0.39 is 0 Å². The van der Waals surface area contributed by atoms with Crippen molar-refractivity contribution in [2.24, 2.45) is 0 Å². The first-order valence-electron chi connectivity index (χ1n) is 8.99. The Bertz CT molecular complexity index is 1000. The summed E-state index contributed by atoms with van der Waals surface area (Å²) in [5.41, 5.74) is 4.05. The van der Waals surface area contributed by atoms with Crippen molar-refractivity contribution in [1.82, 2.24) is 14.5 Å². The predicted octanol–water partition coefficient (Wildman–Crippen LogP) is 4.28. The fraction of sp³-hybridized carbons (Fsp3) is 0.130. The zero-order valence-electron chi connectivity index (χ0n) is 15.2. The number of likely N-dealkylation sites (N-methyl/N-ethyl adjacent to an activating group) is 1. The van der Waals surface area contributed by atoms with Gasteiger partial charge in [-0.1, -0.05) is 72.8 Å². The lowest BCUT2D eigenvalue weighted by atomic mass is 9.97. The molecule has 0 saturated heterocycles. The van der Waals surface area contributed by atoms with Gasteiger partial charge in [-0.3, -0.25) is 4.79 Å². The smallest absolute Gasteiger partial charge is 0.243 e. The van der Waals surface area contributed by atoms with Crippen LogP contribution in [0.25, 0.3) is 11.0 Å². The number of fused-ring (bicyclic) bond motifs is 1. The van der Waals surface area contributed by atoms with Gasteiger partial charge < -0.3 is 9.47 Å². The highest BCUT2D eigenvalue weighted by atomic mass is 16.2. The summed E-state index contributed by atoms with van der Waals surface area (Å²) in [5.74, 6) is 0.0378. The van der Waals surface area contributed by atoms with E-state index in [1.54, 1.807) is 6.33 Å². The van der Waals surface area contributed by atoms with Gasteiger partial charge in [0, 0.05) is 7.05 Å². The van der Waals surface area contributed by atoms with Crippen molar-refractivity contribution < 1.29 is 4.79 Å². The molecule has 27 heavy (non-hydrogen) atoms. The minimum Gasteiger partial charge on any atom is -0.333 e. The van der Waals surface area contributed by atoms with Crippen molar-refractivity contribution in [3.05, 3.63) is 102 Å². The van der Waals surface area contributed by atoms with Gasteiger partial charge in [0.15, 0.2) is 0 Å². The monoisotopic (exact) mass is 355 g/mol. The molecule has 3 aromatic carbocycles. The normalized spacial score (nSPS) is 11.0. The van der Waals surface area contributed by atoms with Gasteiger partial charge in [0.1, 0.15) is 6.54 Å². The molecule has 1 heterocycles. The number of amides is 1. The molecule has 0 aliphatic rings. The summed E-state index contributed by atoms with van der Waals surface area (Å²) in [6.45, 7) is 0.257. The van der Waals surface area contributed by atoms with E-state index in [1.807, 2.05) is 77.2 Å². The molecule has 0 saturated carbocycles. The Morgan fingerprint density at radius 2 is 1.44 bits per heavy atom. The number of imidazole rings is 1. The highest BCUT2D eigenvalue weighted by molar-refractivity contribution is 5.81. The maximum atomic E-state index is 13.1. The van der Waals surface area contributed by atoms with Crippen LogP contribution in [0.5, 0.6) is 0 Å². The third-order valence-corrected chi connectivity index (χ3v) is 4.84. The maximum Gasteiger partial charge on any atom is 0.243 e. The number of nitrogens with zero attached hydrogens (tertiary/aromatic N) is 3. The number of hydrogen-bond donors (Lipinski definition) is 0. The molecule has 4 aromatic rings. The van der Waals surface area contributed by atoms with Gasteiger partial charge in [-0.2, -0.15) is 0 Å². The van der Waals surface area contributed by atoms with Crippen molar-refractivity contribution in [2.45, 2.75) is 12.6 Å². The molecule has 0 bridgehead atoms. The molecule has 4 nitrogen and oxygen atoms in total. The van der Waals surface area contributed by atoms with Crippen LogP contribution in [0.2, 0.25) is 0 Å². The Labute approximate surface area is 158 Å². The average Bonchev–Trinajstić information content (AvgIpc) is 3.13. The van der Waals surface area contributed by atoms with E-state index >= 15 is 0 Å². The Morgan fingerprint density at radius 3 is 2.07 bits per heavy atom. The SMILES string of the molecule is CN(C(=O)Cn1cnc2ccccc21)C(c1ccccc1)c1ccccc1. The zero-order valence-corrected chi connectivity index (χ0v) is 15.2. The number of carbonyl (C=O) groups is 1. The average molecular weight is 355 g/mol. The molecule has 1 aromatic heterocycles. The van der Waals surface area contributed by atoms with Gasteiger partial charge in [-0.05, 0) is 23.3 Å². The summed E-state index contributed by atoms with van der Waals surface area (Å²) in [7, 11) is 1.87. The molecule has 0 aliphatic heterocycles. The van der Waals surface area contributed by atoms with Crippen molar-refractivity contribution in [2.75, 3.05) is 7.05 Å². The van der Waals surface area contributed by atoms with E-state index in [9.17, 15) is 4.79 Å². The van der Waals surface area contributed by atoms with Crippen LogP contribution in [-0.4, -0.2) is 27.4 Å². The van der Waals surface area contributed by atoms with Crippen LogP contribution in [0.4, 0.5) is 0 Å². The molecule has 0 fully saturated rings. The van der Waals surface area contributed by atoms with E-state index in [0.29, 0.717) is 0 Å². The fourth-order valence-corrected chi connectivity index (χ4v) is 3.45. The maximum absolute atomic E-state index is 13.1. The summed E-state index contributed by atoms with van der Waals surface area (Å²) >= 11 is 0. The van der Waals surface area contributed by atoms with E-state index in [2.05, 4.69) is 29.2 Å². The van der Waals surface area contributed by atoms with Gasteiger partial charge in [-0.15, -0.1) is 0 Å². The standard InChI is InChI=1S/C23H21N3O/c1-25(22(27)16-26-17-24-20-14-8-9-15-21(20)26)23(18-10-4-2-5-11-18)19-12-6-3-7-13-19/h2-15,17,23H,16H2,1H3. The Hall–Kier alpha value is -3.40. The van der Waals surface area contributed by atoms with Gasteiger partial charge in [0.25, 0.3) is 0 Å². The first-order chi connectivity index (χ1) is 13.2. The molecule has 134 valence electrons. The van der Waals surface area contributed by atoms with Crippen molar-refractivity contribution in [1.29, 1.82) is 0 Å². The summed E-state index contributed by atoms with van der Waals surface area (Å²) in [6, 6.07) is 28.0. The van der Waals surface area contributed by atoms with Crippen LogP contribution >= 0.6 is 0 Å².